The molecule has 36 heavy (non-hydrogen) atoms. The number of thioether (sulfide) groups is 1. The first kappa shape index (κ1) is 24.3. The van der Waals surface area contributed by atoms with Gasteiger partial charge in [0.2, 0.25) is 5.91 Å². The van der Waals surface area contributed by atoms with E-state index in [0.29, 0.717) is 24.7 Å². The zero-order chi connectivity index (χ0) is 24.7. The van der Waals surface area contributed by atoms with Crippen LogP contribution in [-0.4, -0.2) is 84.5 Å². The van der Waals surface area contributed by atoms with Crippen LogP contribution in [0, 0.1) is 0 Å². The van der Waals surface area contributed by atoms with Crippen LogP contribution in [0.5, 0.6) is 0 Å². The summed E-state index contributed by atoms with van der Waals surface area (Å²) in [6.07, 6.45) is 4.04. The van der Waals surface area contributed by atoms with E-state index in [0.717, 1.165) is 62.4 Å². The molecule has 2 aliphatic rings. The van der Waals surface area contributed by atoms with Crippen LogP contribution in [0.25, 0.3) is 0 Å². The number of hydrogen-bond donors (Lipinski definition) is 1. The Balaban J connectivity index is 1.21. The molecule has 0 atom stereocenters. The van der Waals surface area contributed by atoms with Gasteiger partial charge in [0.25, 0.3) is 0 Å². The summed E-state index contributed by atoms with van der Waals surface area (Å²) < 4.78 is 5.45. The first-order valence-electron chi connectivity index (χ1n) is 12.2. The Labute approximate surface area is 215 Å². The molecule has 0 aliphatic carbocycles. The molecule has 0 spiro atoms. The monoisotopic (exact) mass is 505 g/mol. The van der Waals surface area contributed by atoms with Crippen molar-refractivity contribution in [2.24, 2.45) is 0 Å². The van der Waals surface area contributed by atoms with Gasteiger partial charge >= 0.3 is 0 Å². The van der Waals surface area contributed by atoms with Crippen molar-refractivity contribution < 1.29 is 9.53 Å². The molecule has 5 rings (SSSR count). The van der Waals surface area contributed by atoms with E-state index < -0.39 is 0 Å². The van der Waals surface area contributed by atoms with Crippen molar-refractivity contribution in [1.29, 1.82) is 0 Å². The average molecular weight is 506 g/mol. The minimum atomic E-state index is 0.115. The van der Waals surface area contributed by atoms with Crippen LogP contribution in [-0.2, 0) is 16.0 Å². The van der Waals surface area contributed by atoms with Gasteiger partial charge in [-0.2, -0.15) is 0 Å². The van der Waals surface area contributed by atoms with E-state index in [9.17, 15) is 4.79 Å². The summed E-state index contributed by atoms with van der Waals surface area (Å²) >= 11 is 1.52. The summed E-state index contributed by atoms with van der Waals surface area (Å²) in [6.45, 7) is 6.16. The number of amides is 1. The highest BCUT2D eigenvalue weighted by Gasteiger charge is 2.23. The average Bonchev–Trinajstić information content (AvgIpc) is 2.94. The minimum absolute atomic E-state index is 0.115. The van der Waals surface area contributed by atoms with Gasteiger partial charge in [0.1, 0.15) is 11.6 Å². The number of rotatable bonds is 7. The van der Waals surface area contributed by atoms with E-state index in [1.165, 1.54) is 17.4 Å². The molecule has 1 N–H and O–H groups in total. The maximum absolute atomic E-state index is 12.7. The standard InChI is InChI=1S/C26H31N7O2S/c1-36-26-29-23(28-20-5-7-22(8-6-20)31-14-16-35-17-15-31)19-24(30-26)32-10-12-33(13-11-32)25(34)18-21-4-2-3-9-27-21/h2-9,19H,10-18H2,1H3,(H,28,29,30). The SMILES string of the molecule is CSc1nc(Nc2ccc(N3CCOCC3)cc2)cc(N2CCN(C(=O)Cc3ccccn3)CC2)n1. The number of aromatic nitrogens is 3. The highest BCUT2D eigenvalue weighted by Crippen LogP contribution is 2.26. The Kier molecular flexibility index (Phi) is 7.82. The first-order valence-corrected chi connectivity index (χ1v) is 13.5. The van der Waals surface area contributed by atoms with Crippen LogP contribution < -0.4 is 15.1 Å². The van der Waals surface area contributed by atoms with Crippen molar-refractivity contribution in [3.05, 3.63) is 60.4 Å². The van der Waals surface area contributed by atoms with Crippen molar-refractivity contribution in [1.82, 2.24) is 19.9 Å². The molecule has 10 heteroatoms. The van der Waals surface area contributed by atoms with E-state index in [1.807, 2.05) is 35.4 Å². The number of hydrogen-bond acceptors (Lipinski definition) is 9. The number of carbonyl (C=O) groups excluding carboxylic acids is 1. The third-order valence-corrected chi connectivity index (χ3v) is 6.95. The lowest BCUT2D eigenvalue weighted by molar-refractivity contribution is -0.130. The van der Waals surface area contributed by atoms with Crippen molar-refractivity contribution in [2.75, 3.05) is 73.9 Å². The highest BCUT2D eigenvalue weighted by molar-refractivity contribution is 7.98. The maximum Gasteiger partial charge on any atom is 0.228 e. The molecule has 9 nitrogen and oxygen atoms in total. The van der Waals surface area contributed by atoms with Gasteiger partial charge < -0.3 is 24.8 Å². The molecule has 2 aromatic heterocycles. The van der Waals surface area contributed by atoms with E-state index >= 15 is 0 Å². The molecule has 0 unspecified atom stereocenters. The zero-order valence-electron chi connectivity index (χ0n) is 20.5. The second-order valence-electron chi connectivity index (χ2n) is 8.74. The second kappa shape index (κ2) is 11.6. The minimum Gasteiger partial charge on any atom is -0.378 e. The Morgan fingerprint density at radius 1 is 0.972 bits per heavy atom. The van der Waals surface area contributed by atoms with Gasteiger partial charge in [-0.15, -0.1) is 0 Å². The normalized spacial score (nSPS) is 16.2. The fourth-order valence-electron chi connectivity index (χ4n) is 4.41. The zero-order valence-corrected chi connectivity index (χ0v) is 21.3. The molecule has 1 aromatic carbocycles. The molecule has 3 aromatic rings. The van der Waals surface area contributed by atoms with Crippen molar-refractivity contribution in [3.8, 4) is 0 Å². The molecule has 0 saturated carbocycles. The van der Waals surface area contributed by atoms with Crippen molar-refractivity contribution in [2.45, 2.75) is 11.6 Å². The number of ether oxygens (including phenoxy) is 1. The van der Waals surface area contributed by atoms with Crippen LogP contribution >= 0.6 is 11.8 Å². The van der Waals surface area contributed by atoms with Crippen LogP contribution in [0.2, 0.25) is 0 Å². The van der Waals surface area contributed by atoms with Gasteiger partial charge in [-0.1, -0.05) is 17.8 Å². The number of benzene rings is 1. The summed E-state index contributed by atoms with van der Waals surface area (Å²) in [5.41, 5.74) is 2.99. The third-order valence-electron chi connectivity index (χ3n) is 6.41. The largest absolute Gasteiger partial charge is 0.378 e. The van der Waals surface area contributed by atoms with Gasteiger partial charge in [0.05, 0.1) is 19.6 Å². The third kappa shape index (κ3) is 6.06. The van der Waals surface area contributed by atoms with Gasteiger partial charge in [-0.25, -0.2) is 9.97 Å². The van der Waals surface area contributed by atoms with E-state index in [1.54, 1.807) is 6.20 Å². The number of anilines is 4. The number of nitrogens with zero attached hydrogens (tertiary/aromatic N) is 6. The van der Waals surface area contributed by atoms with E-state index in [-0.39, 0.29) is 5.91 Å². The lowest BCUT2D eigenvalue weighted by Gasteiger charge is -2.35. The Morgan fingerprint density at radius 2 is 1.75 bits per heavy atom. The molecule has 4 heterocycles. The Morgan fingerprint density at radius 3 is 2.44 bits per heavy atom. The van der Waals surface area contributed by atoms with Gasteiger partial charge in [-0.05, 0) is 42.7 Å². The number of carbonyl (C=O) groups is 1. The summed E-state index contributed by atoms with van der Waals surface area (Å²) in [5, 5.41) is 4.15. The van der Waals surface area contributed by atoms with Gasteiger partial charge in [-0.3, -0.25) is 9.78 Å². The Hall–Kier alpha value is -3.37. The number of pyridine rings is 1. The summed E-state index contributed by atoms with van der Waals surface area (Å²) in [6, 6.07) is 16.1. The molecule has 2 saturated heterocycles. The molecule has 188 valence electrons. The molecule has 1 amide bonds. The summed E-state index contributed by atoms with van der Waals surface area (Å²) in [5.74, 6) is 1.75. The molecule has 2 fully saturated rings. The molecular formula is C26H31N7O2S. The number of nitrogens with one attached hydrogen (secondary N) is 1. The summed E-state index contributed by atoms with van der Waals surface area (Å²) in [7, 11) is 0. The lowest BCUT2D eigenvalue weighted by atomic mass is 10.2. The van der Waals surface area contributed by atoms with Crippen molar-refractivity contribution >= 4 is 40.7 Å². The Bertz CT molecular complexity index is 1150. The maximum atomic E-state index is 12.7. The number of piperazine rings is 1. The van der Waals surface area contributed by atoms with Crippen LogP contribution in [0.4, 0.5) is 23.0 Å². The van der Waals surface area contributed by atoms with Crippen molar-refractivity contribution in [3.63, 3.8) is 0 Å². The lowest BCUT2D eigenvalue weighted by Crippen LogP contribution is -2.49. The smallest absolute Gasteiger partial charge is 0.228 e. The first-order chi connectivity index (χ1) is 17.7. The van der Waals surface area contributed by atoms with E-state index in [4.69, 9.17) is 9.72 Å². The van der Waals surface area contributed by atoms with E-state index in [2.05, 4.69) is 49.4 Å². The van der Waals surface area contributed by atoms with Crippen LogP contribution in [0.3, 0.4) is 0 Å². The highest BCUT2D eigenvalue weighted by atomic mass is 32.2. The fraction of sp³-hybridized carbons (Fsp3) is 0.385. The fourth-order valence-corrected chi connectivity index (χ4v) is 4.78. The van der Waals surface area contributed by atoms with Gasteiger partial charge in [0, 0.05) is 68.6 Å². The predicted octanol–water partition coefficient (Wildman–Crippen LogP) is 3.07. The topological polar surface area (TPSA) is 86.7 Å². The van der Waals surface area contributed by atoms with Crippen LogP contribution in [0.1, 0.15) is 5.69 Å². The van der Waals surface area contributed by atoms with Crippen LogP contribution in [0.15, 0.2) is 59.9 Å². The molecular weight excluding hydrogens is 474 g/mol. The summed E-state index contributed by atoms with van der Waals surface area (Å²) in [4.78, 5) is 32.9. The predicted molar refractivity (Wildman–Crippen MR) is 143 cm³/mol. The second-order valence-corrected chi connectivity index (χ2v) is 9.51. The molecule has 0 bridgehead atoms. The van der Waals surface area contributed by atoms with Gasteiger partial charge in [0.15, 0.2) is 5.16 Å². The molecule has 2 aliphatic heterocycles. The quantitative estimate of drug-likeness (QED) is 0.385. The number of morpholine rings is 1. The molecule has 0 radical (unpaired) electrons.